The fourth-order valence-electron chi connectivity index (χ4n) is 4.95. The van der Waals surface area contributed by atoms with E-state index in [4.69, 9.17) is 4.74 Å². The van der Waals surface area contributed by atoms with E-state index in [1.54, 1.807) is 18.3 Å². The first-order valence-corrected chi connectivity index (χ1v) is 13.1. The van der Waals surface area contributed by atoms with E-state index in [0.29, 0.717) is 22.5 Å². The Morgan fingerprint density at radius 2 is 1.88 bits per heavy atom. The minimum atomic E-state index is -1.57. The molecule has 5 rings (SSSR count). The number of aromatic nitrogens is 2. The van der Waals surface area contributed by atoms with Crippen LogP contribution in [0.5, 0.6) is 5.75 Å². The second-order valence-electron chi connectivity index (χ2n) is 10.9. The molecule has 2 N–H and O–H groups in total. The highest BCUT2D eigenvalue weighted by Gasteiger charge is 2.36. The third kappa shape index (κ3) is 5.51. The number of hydrogen-bond acceptors (Lipinski definition) is 5. The molecule has 0 radical (unpaired) electrons. The quantitative estimate of drug-likeness (QED) is 0.274. The van der Waals surface area contributed by atoms with Gasteiger partial charge in [-0.3, -0.25) is 9.78 Å². The van der Waals surface area contributed by atoms with Gasteiger partial charge in [0.25, 0.3) is 5.91 Å². The zero-order valence-corrected chi connectivity index (χ0v) is 22.7. The number of aliphatic hydroxyl groups is 1. The van der Waals surface area contributed by atoms with Gasteiger partial charge in [0.05, 0.1) is 12.7 Å². The van der Waals surface area contributed by atoms with Crippen molar-refractivity contribution in [2.75, 3.05) is 13.7 Å². The van der Waals surface area contributed by atoms with Gasteiger partial charge in [-0.2, -0.15) is 0 Å². The van der Waals surface area contributed by atoms with Gasteiger partial charge in [0.2, 0.25) is 0 Å². The van der Waals surface area contributed by atoms with Crippen LogP contribution < -0.4 is 10.1 Å². The monoisotopic (exact) mass is 549 g/mol. The van der Waals surface area contributed by atoms with Gasteiger partial charge in [-0.25, -0.2) is 18.2 Å². The molecule has 0 saturated heterocycles. The fourth-order valence-corrected chi connectivity index (χ4v) is 4.95. The number of ether oxygens (including phenoxy) is 1. The number of benzene rings is 2. The Balaban J connectivity index is 1.49. The molecule has 208 valence electrons. The average molecular weight is 550 g/mol. The lowest BCUT2D eigenvalue weighted by atomic mass is 9.90. The zero-order chi connectivity index (χ0) is 28.8. The van der Waals surface area contributed by atoms with E-state index in [9.17, 15) is 18.7 Å². The molecule has 2 aromatic carbocycles. The van der Waals surface area contributed by atoms with Gasteiger partial charge < -0.3 is 15.2 Å². The summed E-state index contributed by atoms with van der Waals surface area (Å²) >= 11 is 0. The van der Waals surface area contributed by atoms with Crippen LogP contribution in [0.3, 0.4) is 0 Å². The molecule has 9 heteroatoms. The summed E-state index contributed by atoms with van der Waals surface area (Å²) in [6.07, 6.45) is 3.52. The topological polar surface area (TPSA) is 84.3 Å². The summed E-state index contributed by atoms with van der Waals surface area (Å²) in [5.41, 5.74) is 0.733. The van der Waals surface area contributed by atoms with Crippen LogP contribution >= 0.6 is 0 Å². The first-order valence-electron chi connectivity index (χ1n) is 13.1. The second-order valence-corrected chi connectivity index (χ2v) is 10.9. The number of amides is 1. The van der Waals surface area contributed by atoms with Gasteiger partial charge in [-0.15, -0.1) is 0 Å². The lowest BCUT2D eigenvalue weighted by Gasteiger charge is -2.24. The molecule has 40 heavy (non-hydrogen) atoms. The lowest BCUT2D eigenvalue weighted by molar-refractivity contribution is 0.0742. The Hall–Kier alpha value is -3.98. The molecule has 0 aliphatic heterocycles. The summed E-state index contributed by atoms with van der Waals surface area (Å²) in [4.78, 5) is 22.2. The van der Waals surface area contributed by atoms with E-state index in [-0.39, 0.29) is 41.1 Å². The van der Waals surface area contributed by atoms with E-state index in [0.717, 1.165) is 35.9 Å². The van der Waals surface area contributed by atoms with E-state index >= 15 is 4.39 Å². The Morgan fingerprint density at radius 1 is 1.12 bits per heavy atom. The Bertz CT molecular complexity index is 1610. The van der Waals surface area contributed by atoms with E-state index in [2.05, 4.69) is 15.3 Å². The minimum absolute atomic E-state index is 0.0173. The predicted octanol–water partition coefficient (Wildman–Crippen LogP) is 6.18. The summed E-state index contributed by atoms with van der Waals surface area (Å²) in [5.74, 6) is -2.95. The number of pyridine rings is 2. The SMILES string of the molecule is COc1cc(C(=O)NCC(c2cc(C(C)(C)O)c(F)c(-c3ccc(F)c(F)c3)n2)C2CC2)cc2cc(C)cnc12. The Morgan fingerprint density at radius 3 is 2.52 bits per heavy atom. The molecule has 1 atom stereocenters. The normalized spacial score (nSPS) is 14.3. The molecule has 2 heterocycles. The van der Waals surface area contributed by atoms with Crippen LogP contribution in [0.15, 0.2) is 48.7 Å². The molecule has 1 amide bonds. The van der Waals surface area contributed by atoms with Crippen molar-refractivity contribution in [3.8, 4) is 17.0 Å². The molecular formula is C31H30F3N3O3. The smallest absolute Gasteiger partial charge is 0.251 e. The van der Waals surface area contributed by atoms with Gasteiger partial charge in [-0.05, 0) is 87.6 Å². The molecule has 0 spiro atoms. The molecule has 1 aliphatic rings. The highest BCUT2D eigenvalue weighted by atomic mass is 19.2. The van der Waals surface area contributed by atoms with Crippen LogP contribution in [0.2, 0.25) is 0 Å². The highest BCUT2D eigenvalue weighted by Crippen LogP contribution is 2.43. The molecule has 1 fully saturated rings. The van der Waals surface area contributed by atoms with Crippen molar-refractivity contribution in [2.45, 2.75) is 45.1 Å². The van der Waals surface area contributed by atoms with Gasteiger partial charge in [0.15, 0.2) is 17.5 Å². The lowest BCUT2D eigenvalue weighted by Crippen LogP contribution is -2.30. The fraction of sp³-hybridized carbons (Fsp3) is 0.323. The number of rotatable bonds is 8. The zero-order valence-electron chi connectivity index (χ0n) is 22.7. The standard InChI is InChI=1S/C31H30F3N3O3/c1-16-9-19-10-20(12-26(40-4)28(19)35-14-16)30(38)36-15-21(17-5-6-17)25-13-22(31(2,3)39)27(34)29(37-25)18-7-8-23(32)24(33)11-18/h7-14,17,21,39H,5-6,15H2,1-4H3,(H,36,38). The number of fused-ring (bicyclic) bond motifs is 1. The molecular weight excluding hydrogens is 519 g/mol. The number of nitrogens with one attached hydrogen (secondary N) is 1. The summed E-state index contributed by atoms with van der Waals surface area (Å²) in [5, 5.41) is 14.5. The van der Waals surface area contributed by atoms with Crippen LogP contribution in [-0.4, -0.2) is 34.6 Å². The maximum absolute atomic E-state index is 15.6. The summed E-state index contributed by atoms with van der Waals surface area (Å²) < 4.78 is 48.7. The molecule has 4 aromatic rings. The highest BCUT2D eigenvalue weighted by molar-refractivity contribution is 6.00. The molecule has 0 bridgehead atoms. The third-order valence-corrected chi connectivity index (χ3v) is 7.25. The van der Waals surface area contributed by atoms with E-state index in [1.807, 2.05) is 13.0 Å². The van der Waals surface area contributed by atoms with Crippen LogP contribution in [0.1, 0.15) is 59.8 Å². The first kappa shape index (κ1) is 27.6. The van der Waals surface area contributed by atoms with Gasteiger partial charge >= 0.3 is 0 Å². The number of aryl methyl sites for hydroxylation is 1. The van der Waals surface area contributed by atoms with Crippen molar-refractivity contribution in [1.82, 2.24) is 15.3 Å². The number of methoxy groups -OCH3 is 1. The number of nitrogens with zero attached hydrogens (tertiary/aromatic N) is 2. The van der Waals surface area contributed by atoms with Gasteiger partial charge in [0.1, 0.15) is 17.0 Å². The summed E-state index contributed by atoms with van der Waals surface area (Å²) in [6, 6.07) is 9.86. The van der Waals surface area contributed by atoms with Gasteiger partial charge in [0, 0.05) is 46.4 Å². The summed E-state index contributed by atoms with van der Waals surface area (Å²) in [6.45, 7) is 5.01. The predicted molar refractivity (Wildman–Crippen MR) is 146 cm³/mol. The van der Waals surface area contributed by atoms with E-state index < -0.39 is 23.1 Å². The van der Waals surface area contributed by atoms with Crippen LogP contribution in [-0.2, 0) is 5.60 Å². The number of carbonyl (C=O) groups excluding carboxylic acids is 1. The van der Waals surface area contributed by atoms with Crippen LogP contribution in [0.25, 0.3) is 22.2 Å². The van der Waals surface area contributed by atoms with Crippen LogP contribution in [0.4, 0.5) is 13.2 Å². The van der Waals surface area contributed by atoms with Crippen molar-refractivity contribution in [2.24, 2.45) is 5.92 Å². The van der Waals surface area contributed by atoms with Crippen molar-refractivity contribution in [1.29, 1.82) is 0 Å². The number of carbonyl (C=O) groups is 1. The van der Waals surface area contributed by atoms with Crippen molar-refractivity contribution in [3.05, 3.63) is 88.5 Å². The largest absolute Gasteiger partial charge is 0.494 e. The molecule has 2 aromatic heterocycles. The maximum Gasteiger partial charge on any atom is 0.251 e. The number of halogens is 3. The van der Waals surface area contributed by atoms with Crippen molar-refractivity contribution < 1.29 is 27.8 Å². The number of hydrogen-bond donors (Lipinski definition) is 2. The minimum Gasteiger partial charge on any atom is -0.494 e. The molecule has 1 unspecified atom stereocenters. The molecule has 6 nitrogen and oxygen atoms in total. The first-order chi connectivity index (χ1) is 19.0. The molecule has 1 saturated carbocycles. The Labute approximate surface area is 230 Å². The summed E-state index contributed by atoms with van der Waals surface area (Å²) in [7, 11) is 1.52. The second kappa shape index (κ2) is 10.5. The van der Waals surface area contributed by atoms with E-state index in [1.165, 1.54) is 33.1 Å². The Kier molecular flexibility index (Phi) is 7.27. The van der Waals surface area contributed by atoms with Crippen molar-refractivity contribution in [3.63, 3.8) is 0 Å². The average Bonchev–Trinajstić information content (AvgIpc) is 3.74. The maximum atomic E-state index is 15.6. The van der Waals surface area contributed by atoms with Crippen LogP contribution in [0, 0.1) is 30.3 Å². The van der Waals surface area contributed by atoms with Gasteiger partial charge in [-0.1, -0.05) is 0 Å². The third-order valence-electron chi connectivity index (χ3n) is 7.25. The van der Waals surface area contributed by atoms with Crippen molar-refractivity contribution >= 4 is 16.8 Å². The molecule has 1 aliphatic carbocycles.